The molecule has 14 heavy (non-hydrogen) atoms. The highest BCUT2D eigenvalue weighted by molar-refractivity contribution is 5.87. The highest BCUT2D eigenvalue weighted by Gasteiger charge is 2.01. The Balaban J connectivity index is 0.00000169. The Bertz CT molecular complexity index is 287. The van der Waals surface area contributed by atoms with Crippen LogP contribution < -0.4 is 10.5 Å². The van der Waals surface area contributed by atoms with Crippen LogP contribution in [-0.4, -0.2) is 24.2 Å². The van der Waals surface area contributed by atoms with Gasteiger partial charge in [-0.3, -0.25) is 0 Å². The number of hydrogen-bond donors (Lipinski definition) is 2. The van der Waals surface area contributed by atoms with Crippen molar-refractivity contribution in [3.05, 3.63) is 29.8 Å². The van der Waals surface area contributed by atoms with E-state index in [0.29, 0.717) is 18.9 Å². The van der Waals surface area contributed by atoms with Crippen molar-refractivity contribution >= 4 is 18.4 Å². The lowest BCUT2D eigenvalue weighted by Gasteiger charge is -2.03. The maximum absolute atomic E-state index is 10.5. The molecular weight excluding hydrogens is 206 g/mol. The fourth-order valence-electron chi connectivity index (χ4n) is 0.871. The smallest absolute Gasteiger partial charge is 0.335 e. The topological polar surface area (TPSA) is 72.5 Å². The third-order valence-electron chi connectivity index (χ3n) is 1.49. The number of carbonyl (C=O) groups is 1. The van der Waals surface area contributed by atoms with Gasteiger partial charge in [0.25, 0.3) is 0 Å². The Kier molecular flexibility index (Phi) is 5.67. The summed E-state index contributed by atoms with van der Waals surface area (Å²) in [7, 11) is 0. The molecule has 0 aliphatic rings. The number of rotatable bonds is 4. The second kappa shape index (κ2) is 6.23. The van der Waals surface area contributed by atoms with E-state index in [1.807, 2.05) is 0 Å². The van der Waals surface area contributed by atoms with Gasteiger partial charge in [0.2, 0.25) is 0 Å². The van der Waals surface area contributed by atoms with Crippen LogP contribution in [0.3, 0.4) is 0 Å². The highest BCUT2D eigenvalue weighted by atomic mass is 35.5. The van der Waals surface area contributed by atoms with Gasteiger partial charge in [0.1, 0.15) is 12.4 Å². The van der Waals surface area contributed by atoms with Gasteiger partial charge in [-0.25, -0.2) is 4.79 Å². The number of benzene rings is 1. The molecule has 3 N–H and O–H groups in total. The summed E-state index contributed by atoms with van der Waals surface area (Å²) >= 11 is 0. The van der Waals surface area contributed by atoms with Crippen molar-refractivity contribution in [2.45, 2.75) is 0 Å². The van der Waals surface area contributed by atoms with Crippen molar-refractivity contribution in [3.8, 4) is 5.75 Å². The van der Waals surface area contributed by atoms with E-state index in [-0.39, 0.29) is 18.0 Å². The van der Waals surface area contributed by atoms with Crippen molar-refractivity contribution < 1.29 is 14.6 Å². The molecule has 78 valence electrons. The molecule has 0 heterocycles. The summed E-state index contributed by atoms with van der Waals surface area (Å²) in [6.45, 7) is 0.882. The molecule has 0 radical (unpaired) electrons. The average molecular weight is 218 g/mol. The van der Waals surface area contributed by atoms with Crippen molar-refractivity contribution in [2.24, 2.45) is 5.73 Å². The summed E-state index contributed by atoms with van der Waals surface area (Å²) in [6, 6.07) is 6.21. The number of ether oxygens (including phenoxy) is 1. The maximum atomic E-state index is 10.5. The number of aromatic carboxylic acids is 1. The number of hydrogen-bond acceptors (Lipinski definition) is 3. The molecular formula is C9H12ClNO3. The first-order valence-electron chi connectivity index (χ1n) is 3.90. The van der Waals surface area contributed by atoms with Crippen molar-refractivity contribution in [1.82, 2.24) is 0 Å². The van der Waals surface area contributed by atoms with E-state index in [1.54, 1.807) is 12.1 Å². The Morgan fingerprint density at radius 1 is 1.36 bits per heavy atom. The molecule has 0 saturated carbocycles. The summed E-state index contributed by atoms with van der Waals surface area (Å²) in [5, 5.41) is 8.59. The number of halogens is 1. The van der Waals surface area contributed by atoms with Crippen LogP contribution >= 0.6 is 12.4 Å². The first kappa shape index (κ1) is 12.7. The minimum Gasteiger partial charge on any atom is -0.492 e. The summed E-state index contributed by atoms with van der Waals surface area (Å²) < 4.78 is 5.17. The molecule has 1 aromatic carbocycles. The van der Waals surface area contributed by atoms with E-state index < -0.39 is 5.97 Å². The Morgan fingerprint density at radius 2 is 1.93 bits per heavy atom. The van der Waals surface area contributed by atoms with Gasteiger partial charge >= 0.3 is 5.97 Å². The molecule has 0 aliphatic heterocycles. The van der Waals surface area contributed by atoms with Crippen LogP contribution in [-0.2, 0) is 0 Å². The third kappa shape index (κ3) is 3.64. The lowest BCUT2D eigenvalue weighted by Crippen LogP contribution is -2.10. The van der Waals surface area contributed by atoms with Crippen LogP contribution in [0.15, 0.2) is 24.3 Å². The minimum atomic E-state index is -0.939. The van der Waals surface area contributed by atoms with Crippen LogP contribution in [0.1, 0.15) is 10.4 Å². The largest absolute Gasteiger partial charge is 0.492 e. The zero-order valence-electron chi connectivity index (χ0n) is 7.47. The Labute approximate surface area is 88.1 Å². The van der Waals surface area contributed by atoms with Crippen LogP contribution in [0.5, 0.6) is 5.75 Å². The molecule has 0 spiro atoms. The van der Waals surface area contributed by atoms with Crippen LogP contribution in [0.25, 0.3) is 0 Å². The van der Waals surface area contributed by atoms with Gasteiger partial charge in [0, 0.05) is 6.54 Å². The molecule has 4 nitrogen and oxygen atoms in total. The van der Waals surface area contributed by atoms with Crippen molar-refractivity contribution in [1.29, 1.82) is 0 Å². The van der Waals surface area contributed by atoms with E-state index in [1.165, 1.54) is 12.1 Å². The number of carboxylic acid groups (broad SMARTS) is 1. The molecule has 0 amide bonds. The summed E-state index contributed by atoms with van der Waals surface area (Å²) in [6.07, 6.45) is 0. The second-order valence-corrected chi connectivity index (χ2v) is 2.47. The first-order valence-corrected chi connectivity index (χ1v) is 3.90. The third-order valence-corrected chi connectivity index (χ3v) is 1.49. The Morgan fingerprint density at radius 3 is 2.36 bits per heavy atom. The predicted molar refractivity (Wildman–Crippen MR) is 55.2 cm³/mol. The molecule has 0 unspecified atom stereocenters. The molecule has 1 rings (SSSR count). The maximum Gasteiger partial charge on any atom is 0.335 e. The number of nitrogens with two attached hydrogens (primary N) is 1. The van der Waals surface area contributed by atoms with Crippen LogP contribution in [0, 0.1) is 0 Å². The standard InChI is InChI=1S/C9H11NO3.ClH/c10-5-6-13-8-3-1-7(2-4-8)9(11)12;/h1-4H,5-6,10H2,(H,11,12);1H. The first-order chi connectivity index (χ1) is 6.24. The van der Waals surface area contributed by atoms with Gasteiger partial charge in [-0.05, 0) is 24.3 Å². The molecule has 5 heteroatoms. The lowest BCUT2D eigenvalue weighted by molar-refractivity contribution is 0.0697. The normalized spacial score (nSPS) is 8.93. The SMILES string of the molecule is Cl.NCCOc1ccc(C(=O)O)cc1. The van der Waals surface area contributed by atoms with Crippen molar-refractivity contribution in [2.75, 3.05) is 13.2 Å². The minimum absolute atomic E-state index is 0. The molecule has 0 atom stereocenters. The van der Waals surface area contributed by atoms with Crippen molar-refractivity contribution in [3.63, 3.8) is 0 Å². The lowest BCUT2D eigenvalue weighted by atomic mass is 10.2. The highest BCUT2D eigenvalue weighted by Crippen LogP contribution is 2.11. The van der Waals surface area contributed by atoms with E-state index in [4.69, 9.17) is 15.6 Å². The van der Waals surface area contributed by atoms with Crippen LogP contribution in [0.2, 0.25) is 0 Å². The zero-order chi connectivity index (χ0) is 9.68. The molecule has 0 aliphatic carbocycles. The molecule has 0 saturated heterocycles. The van der Waals surface area contributed by atoms with Gasteiger partial charge in [0.05, 0.1) is 5.56 Å². The van der Waals surface area contributed by atoms with Gasteiger partial charge in [0.15, 0.2) is 0 Å². The van der Waals surface area contributed by atoms with Gasteiger partial charge < -0.3 is 15.6 Å². The quantitative estimate of drug-likeness (QED) is 0.794. The van der Waals surface area contributed by atoms with E-state index >= 15 is 0 Å². The fraction of sp³-hybridized carbons (Fsp3) is 0.222. The second-order valence-electron chi connectivity index (χ2n) is 2.47. The number of carboxylic acids is 1. The molecule has 0 aromatic heterocycles. The molecule has 0 bridgehead atoms. The zero-order valence-corrected chi connectivity index (χ0v) is 8.29. The Hall–Kier alpha value is -1.26. The van der Waals surface area contributed by atoms with Gasteiger partial charge in [-0.15, -0.1) is 12.4 Å². The monoisotopic (exact) mass is 217 g/mol. The summed E-state index contributed by atoms with van der Waals surface area (Å²) in [4.78, 5) is 10.5. The van der Waals surface area contributed by atoms with Gasteiger partial charge in [-0.1, -0.05) is 0 Å². The van der Waals surface area contributed by atoms with E-state index in [2.05, 4.69) is 0 Å². The molecule has 1 aromatic rings. The van der Waals surface area contributed by atoms with E-state index in [0.717, 1.165) is 0 Å². The fourth-order valence-corrected chi connectivity index (χ4v) is 0.871. The molecule has 0 fully saturated rings. The summed E-state index contributed by atoms with van der Waals surface area (Å²) in [5.74, 6) is -0.305. The van der Waals surface area contributed by atoms with E-state index in [9.17, 15) is 4.79 Å². The summed E-state index contributed by atoms with van der Waals surface area (Å²) in [5.41, 5.74) is 5.49. The average Bonchev–Trinajstić information content (AvgIpc) is 2.15. The van der Waals surface area contributed by atoms with Crippen LogP contribution in [0.4, 0.5) is 0 Å². The predicted octanol–water partition coefficient (Wildman–Crippen LogP) is 1.14. The van der Waals surface area contributed by atoms with Gasteiger partial charge in [-0.2, -0.15) is 0 Å².